The number of nitrogens with one attached hydrogen (secondary N) is 2. The van der Waals surface area contributed by atoms with Crippen molar-refractivity contribution in [1.82, 2.24) is 5.32 Å². The molecule has 0 saturated carbocycles. The zero-order valence-electron chi connectivity index (χ0n) is 17.5. The van der Waals surface area contributed by atoms with Gasteiger partial charge in [-0.3, -0.25) is 4.79 Å². The van der Waals surface area contributed by atoms with Crippen LogP contribution in [0.5, 0.6) is 11.5 Å². The van der Waals surface area contributed by atoms with Crippen LogP contribution >= 0.6 is 12.2 Å². The Hall–Kier alpha value is -3.38. The second-order valence-electron chi connectivity index (χ2n) is 6.99. The van der Waals surface area contributed by atoms with E-state index in [9.17, 15) is 4.79 Å². The molecule has 31 heavy (non-hydrogen) atoms. The van der Waals surface area contributed by atoms with Gasteiger partial charge in [-0.25, -0.2) is 0 Å². The number of ether oxygens (including phenoxy) is 2. The summed E-state index contributed by atoms with van der Waals surface area (Å²) in [5.74, 6) is 1.32. The van der Waals surface area contributed by atoms with Crippen LogP contribution in [0.3, 0.4) is 0 Å². The quantitative estimate of drug-likeness (QED) is 0.376. The highest BCUT2D eigenvalue weighted by Crippen LogP contribution is 2.18. The SMILES string of the molecule is COc1ccc(CC(=O)NC(=S)Nc2cccc(OCCCc3ccccc3)c2)cc1. The fourth-order valence-corrected chi connectivity index (χ4v) is 3.27. The van der Waals surface area contributed by atoms with Crippen LogP contribution in [0.1, 0.15) is 17.5 Å². The topological polar surface area (TPSA) is 59.6 Å². The summed E-state index contributed by atoms with van der Waals surface area (Å²) in [6.07, 6.45) is 2.14. The fourth-order valence-electron chi connectivity index (χ4n) is 3.04. The summed E-state index contributed by atoms with van der Waals surface area (Å²) in [4.78, 5) is 12.2. The molecule has 3 aromatic rings. The molecule has 160 valence electrons. The molecule has 2 N–H and O–H groups in total. The third-order valence-electron chi connectivity index (χ3n) is 4.59. The van der Waals surface area contributed by atoms with Gasteiger partial charge in [-0.2, -0.15) is 0 Å². The lowest BCUT2D eigenvalue weighted by Gasteiger charge is -2.12. The second kappa shape index (κ2) is 11.7. The molecule has 0 aromatic heterocycles. The predicted molar refractivity (Wildman–Crippen MR) is 128 cm³/mol. The van der Waals surface area contributed by atoms with Gasteiger partial charge in [-0.1, -0.05) is 48.5 Å². The van der Waals surface area contributed by atoms with Crippen molar-refractivity contribution >= 4 is 28.9 Å². The lowest BCUT2D eigenvalue weighted by atomic mass is 10.1. The number of carbonyl (C=O) groups excluding carboxylic acids is 1. The maximum Gasteiger partial charge on any atom is 0.230 e. The van der Waals surface area contributed by atoms with Crippen molar-refractivity contribution in [2.75, 3.05) is 19.0 Å². The minimum atomic E-state index is -0.184. The Labute approximate surface area is 188 Å². The molecule has 0 aliphatic heterocycles. The number of carbonyl (C=O) groups is 1. The van der Waals surface area contributed by atoms with Crippen LogP contribution in [0.4, 0.5) is 5.69 Å². The normalized spacial score (nSPS) is 10.2. The smallest absolute Gasteiger partial charge is 0.230 e. The average molecular weight is 435 g/mol. The number of hydrogen-bond acceptors (Lipinski definition) is 4. The molecular weight excluding hydrogens is 408 g/mol. The monoisotopic (exact) mass is 434 g/mol. The third kappa shape index (κ3) is 7.75. The van der Waals surface area contributed by atoms with Gasteiger partial charge in [0.1, 0.15) is 11.5 Å². The Bertz CT molecular complexity index is 991. The van der Waals surface area contributed by atoms with Crippen molar-refractivity contribution in [3.8, 4) is 11.5 Å². The number of amides is 1. The van der Waals surface area contributed by atoms with Crippen molar-refractivity contribution < 1.29 is 14.3 Å². The molecule has 0 atom stereocenters. The Morgan fingerprint density at radius 2 is 1.68 bits per heavy atom. The largest absolute Gasteiger partial charge is 0.497 e. The summed E-state index contributed by atoms with van der Waals surface area (Å²) in [5.41, 5.74) is 2.94. The molecule has 0 saturated heterocycles. The van der Waals surface area contributed by atoms with Crippen LogP contribution in [0.15, 0.2) is 78.9 Å². The molecule has 0 aliphatic rings. The molecule has 0 aliphatic carbocycles. The Kier molecular flexibility index (Phi) is 8.43. The van der Waals surface area contributed by atoms with E-state index in [1.807, 2.05) is 66.7 Å². The van der Waals surface area contributed by atoms with Crippen molar-refractivity contribution in [1.29, 1.82) is 0 Å². The van der Waals surface area contributed by atoms with Gasteiger partial charge in [0.25, 0.3) is 0 Å². The number of benzene rings is 3. The molecular formula is C25H26N2O3S. The highest BCUT2D eigenvalue weighted by Gasteiger charge is 2.07. The van der Waals surface area contributed by atoms with Crippen LogP contribution in [0.2, 0.25) is 0 Å². The van der Waals surface area contributed by atoms with Gasteiger partial charge >= 0.3 is 0 Å². The summed E-state index contributed by atoms with van der Waals surface area (Å²) in [5, 5.41) is 5.99. The predicted octanol–water partition coefficient (Wildman–Crippen LogP) is 4.76. The molecule has 0 bridgehead atoms. The molecule has 3 rings (SSSR count). The standard InChI is InChI=1S/C25H26N2O3S/c1-29-22-14-12-20(13-15-22)17-24(28)27-25(31)26-21-10-5-11-23(18-21)30-16-6-9-19-7-3-2-4-8-19/h2-5,7-8,10-15,18H,6,9,16-17H2,1H3,(H2,26,27,28,31). The van der Waals surface area contributed by atoms with Gasteiger partial charge in [-0.15, -0.1) is 0 Å². The van der Waals surface area contributed by atoms with Crippen LogP contribution in [-0.2, 0) is 17.6 Å². The van der Waals surface area contributed by atoms with Gasteiger partial charge < -0.3 is 20.1 Å². The summed E-state index contributed by atoms with van der Waals surface area (Å²) in [6, 6.07) is 25.2. The van der Waals surface area contributed by atoms with E-state index in [0.29, 0.717) is 6.61 Å². The van der Waals surface area contributed by atoms with Gasteiger partial charge in [0, 0.05) is 11.8 Å². The van der Waals surface area contributed by atoms with Crippen LogP contribution in [0, 0.1) is 0 Å². The molecule has 6 heteroatoms. The highest BCUT2D eigenvalue weighted by atomic mass is 32.1. The molecule has 0 heterocycles. The second-order valence-corrected chi connectivity index (χ2v) is 7.40. The minimum absolute atomic E-state index is 0.184. The summed E-state index contributed by atoms with van der Waals surface area (Å²) >= 11 is 5.27. The summed E-state index contributed by atoms with van der Waals surface area (Å²) < 4.78 is 11.0. The molecule has 3 aromatic carbocycles. The van der Waals surface area contributed by atoms with E-state index in [2.05, 4.69) is 22.8 Å². The fraction of sp³-hybridized carbons (Fsp3) is 0.200. The van der Waals surface area contributed by atoms with Crippen molar-refractivity contribution in [2.24, 2.45) is 0 Å². The van der Waals surface area contributed by atoms with Crippen LogP contribution in [0.25, 0.3) is 0 Å². The highest BCUT2D eigenvalue weighted by molar-refractivity contribution is 7.80. The minimum Gasteiger partial charge on any atom is -0.497 e. The first-order valence-electron chi connectivity index (χ1n) is 10.1. The van der Waals surface area contributed by atoms with Gasteiger partial charge in [0.2, 0.25) is 5.91 Å². The van der Waals surface area contributed by atoms with E-state index in [-0.39, 0.29) is 17.4 Å². The van der Waals surface area contributed by atoms with Crippen LogP contribution in [-0.4, -0.2) is 24.7 Å². The number of anilines is 1. The zero-order chi connectivity index (χ0) is 21.9. The molecule has 0 unspecified atom stereocenters. The first-order chi connectivity index (χ1) is 15.1. The number of methoxy groups -OCH3 is 1. The summed E-state index contributed by atoms with van der Waals surface area (Å²) in [6.45, 7) is 0.626. The van der Waals surface area contributed by atoms with E-state index >= 15 is 0 Å². The van der Waals surface area contributed by atoms with Gasteiger partial charge in [0.05, 0.1) is 20.1 Å². The first kappa shape index (κ1) is 22.3. The Morgan fingerprint density at radius 3 is 2.42 bits per heavy atom. The van der Waals surface area contributed by atoms with E-state index in [1.54, 1.807) is 7.11 Å². The first-order valence-corrected chi connectivity index (χ1v) is 10.5. The average Bonchev–Trinajstić information content (AvgIpc) is 2.78. The van der Waals surface area contributed by atoms with E-state index in [1.165, 1.54) is 5.56 Å². The van der Waals surface area contributed by atoms with Crippen LogP contribution < -0.4 is 20.1 Å². The molecule has 0 fully saturated rings. The number of hydrogen-bond donors (Lipinski definition) is 2. The maximum atomic E-state index is 12.2. The number of thiocarbonyl (C=S) groups is 1. The third-order valence-corrected chi connectivity index (χ3v) is 4.79. The Morgan fingerprint density at radius 1 is 0.903 bits per heavy atom. The van der Waals surface area contributed by atoms with Gasteiger partial charge in [-0.05, 0) is 60.5 Å². The van der Waals surface area contributed by atoms with Crippen molar-refractivity contribution in [2.45, 2.75) is 19.3 Å². The van der Waals surface area contributed by atoms with E-state index in [0.717, 1.165) is 35.6 Å². The molecule has 1 amide bonds. The lowest BCUT2D eigenvalue weighted by Crippen LogP contribution is -2.35. The molecule has 0 radical (unpaired) electrons. The zero-order valence-corrected chi connectivity index (χ0v) is 18.3. The van der Waals surface area contributed by atoms with Crippen molar-refractivity contribution in [3.63, 3.8) is 0 Å². The van der Waals surface area contributed by atoms with Gasteiger partial charge in [0.15, 0.2) is 5.11 Å². The number of rotatable bonds is 9. The van der Waals surface area contributed by atoms with Crippen molar-refractivity contribution in [3.05, 3.63) is 90.0 Å². The molecule has 0 spiro atoms. The number of aryl methyl sites for hydroxylation is 1. The summed E-state index contributed by atoms with van der Waals surface area (Å²) in [7, 11) is 1.61. The molecule has 5 nitrogen and oxygen atoms in total. The van der Waals surface area contributed by atoms with E-state index < -0.39 is 0 Å². The lowest BCUT2D eigenvalue weighted by molar-refractivity contribution is -0.119. The maximum absolute atomic E-state index is 12.2. The van der Waals surface area contributed by atoms with E-state index in [4.69, 9.17) is 21.7 Å². The Balaban J connectivity index is 1.42.